The summed E-state index contributed by atoms with van der Waals surface area (Å²) in [5.41, 5.74) is 0. The Morgan fingerprint density at radius 1 is 1.08 bits per heavy atom. The highest BCUT2D eigenvalue weighted by Crippen LogP contribution is 2.24. The van der Waals surface area contributed by atoms with Gasteiger partial charge in [-0.25, -0.2) is 4.79 Å². The number of ether oxygens (including phenoxy) is 3. The molecular weight excluding hydrogens is 484 g/mol. The molecule has 0 saturated carbocycles. The Labute approximate surface area is 208 Å². The van der Waals surface area contributed by atoms with E-state index >= 15 is 0 Å². The molecule has 0 bridgehead atoms. The number of esters is 1. The number of aliphatic hydroxyl groups is 4. The average Bonchev–Trinajstić information content (AvgIpc) is 3.21. The van der Waals surface area contributed by atoms with E-state index in [1.807, 2.05) is 0 Å². The third kappa shape index (κ3) is 7.57. The zero-order chi connectivity index (χ0) is 27.2. The van der Waals surface area contributed by atoms with Crippen molar-refractivity contribution in [3.63, 3.8) is 0 Å². The van der Waals surface area contributed by atoms with E-state index in [-0.39, 0.29) is 38.8 Å². The number of rotatable bonds is 11. The number of nitrogens with one attached hydrogen (secondary N) is 1. The molecule has 0 aromatic heterocycles. The minimum atomic E-state index is -1.64. The number of carbonyl (C=O) groups excluding carboxylic acids is 3. The smallest absolute Gasteiger partial charge is 0.331 e. The van der Waals surface area contributed by atoms with Crippen molar-refractivity contribution in [3.05, 3.63) is 0 Å². The van der Waals surface area contributed by atoms with Crippen LogP contribution in [-0.2, 0) is 33.4 Å². The first kappa shape index (κ1) is 29.9. The standard InChI is InChI=1S/C22H36N2O12/c1-4-34-21(33)16(10(2)35-22-19(31)18(30)17(29)11(3)36-22)23-20(32)13-8-12(25)9-24(13)14(26)6-5-7-15(27)28/h10-13,16-19,22,25,29-31H,4-9H2,1-3H3,(H,23,32)(H,27,28)/t10-,11+,12-,13+,16+,17-,18-,19+,22-/m1/s1. The summed E-state index contributed by atoms with van der Waals surface area (Å²) in [6.45, 7) is 4.27. The highest BCUT2D eigenvalue weighted by molar-refractivity contribution is 5.91. The number of carboxylic acid groups (broad SMARTS) is 1. The van der Waals surface area contributed by atoms with Crippen LogP contribution >= 0.6 is 0 Å². The minimum Gasteiger partial charge on any atom is -0.481 e. The molecule has 36 heavy (non-hydrogen) atoms. The Morgan fingerprint density at radius 3 is 2.36 bits per heavy atom. The summed E-state index contributed by atoms with van der Waals surface area (Å²) in [7, 11) is 0. The van der Waals surface area contributed by atoms with E-state index in [0.29, 0.717) is 0 Å². The van der Waals surface area contributed by atoms with Gasteiger partial charge in [0.05, 0.1) is 24.9 Å². The summed E-state index contributed by atoms with van der Waals surface area (Å²) in [5.74, 6) is -3.20. The fourth-order valence-corrected chi connectivity index (χ4v) is 4.14. The van der Waals surface area contributed by atoms with Crippen LogP contribution in [0.5, 0.6) is 0 Å². The molecule has 0 radical (unpaired) electrons. The number of likely N-dealkylation sites (tertiary alicyclic amines) is 1. The van der Waals surface area contributed by atoms with Gasteiger partial charge in [-0.2, -0.15) is 0 Å². The number of β-amino-alcohol motifs (C(OH)–C–C–N with tert-alkyl or cyclic N) is 1. The Hall–Kier alpha value is -2.36. The maximum Gasteiger partial charge on any atom is 0.331 e. The lowest BCUT2D eigenvalue weighted by Gasteiger charge is -2.40. The number of nitrogens with zero attached hydrogens (tertiary/aromatic N) is 1. The molecule has 0 spiro atoms. The van der Waals surface area contributed by atoms with Crippen molar-refractivity contribution in [2.75, 3.05) is 13.2 Å². The van der Waals surface area contributed by atoms with Crippen LogP contribution < -0.4 is 5.32 Å². The molecule has 2 amide bonds. The number of aliphatic carboxylic acids is 1. The van der Waals surface area contributed by atoms with Crippen molar-refractivity contribution in [1.82, 2.24) is 10.2 Å². The van der Waals surface area contributed by atoms with Crippen LogP contribution in [0.4, 0.5) is 0 Å². The van der Waals surface area contributed by atoms with Crippen LogP contribution in [0.15, 0.2) is 0 Å². The summed E-state index contributed by atoms with van der Waals surface area (Å²) < 4.78 is 16.0. The number of carboxylic acids is 1. The van der Waals surface area contributed by atoms with E-state index in [1.54, 1.807) is 6.92 Å². The summed E-state index contributed by atoms with van der Waals surface area (Å²) in [6.07, 6.45) is -9.40. The molecule has 14 nitrogen and oxygen atoms in total. The van der Waals surface area contributed by atoms with Gasteiger partial charge in [-0.05, 0) is 27.2 Å². The first-order valence-corrected chi connectivity index (χ1v) is 11.9. The second-order valence-electron chi connectivity index (χ2n) is 8.96. The van der Waals surface area contributed by atoms with Crippen LogP contribution in [0.3, 0.4) is 0 Å². The van der Waals surface area contributed by atoms with Crippen molar-refractivity contribution in [3.8, 4) is 0 Å². The molecule has 2 heterocycles. The molecule has 206 valence electrons. The van der Waals surface area contributed by atoms with Gasteiger partial charge in [0.25, 0.3) is 0 Å². The first-order valence-electron chi connectivity index (χ1n) is 11.9. The van der Waals surface area contributed by atoms with Gasteiger partial charge in [0.1, 0.15) is 24.4 Å². The highest BCUT2D eigenvalue weighted by atomic mass is 16.7. The lowest BCUT2D eigenvalue weighted by molar-refractivity contribution is -0.304. The van der Waals surface area contributed by atoms with Gasteiger partial charge in [0, 0.05) is 25.8 Å². The van der Waals surface area contributed by atoms with Crippen molar-refractivity contribution < 1.29 is 58.9 Å². The SMILES string of the molecule is CCOC(=O)[C@@H](NC(=O)[C@@H]1C[C@@H](O)CN1C(=O)CCCC(=O)O)[C@@H](C)O[C@@H]1O[C@@H](C)[C@@H](O)[C@@H](O)[C@@H]1O. The number of amides is 2. The van der Waals surface area contributed by atoms with E-state index in [1.165, 1.54) is 13.8 Å². The average molecular weight is 521 g/mol. The molecule has 2 aliphatic heterocycles. The largest absolute Gasteiger partial charge is 0.481 e. The Kier molecular flexibility index (Phi) is 11.0. The molecule has 0 aliphatic carbocycles. The second-order valence-corrected chi connectivity index (χ2v) is 8.96. The lowest BCUT2D eigenvalue weighted by Crippen LogP contribution is -2.60. The maximum absolute atomic E-state index is 13.1. The number of hydrogen-bond donors (Lipinski definition) is 6. The van der Waals surface area contributed by atoms with Crippen LogP contribution in [0.1, 0.15) is 46.5 Å². The Morgan fingerprint density at radius 2 is 1.75 bits per heavy atom. The number of hydrogen-bond acceptors (Lipinski definition) is 11. The fraction of sp³-hybridized carbons (Fsp3) is 0.818. The normalized spacial score (nSPS) is 32.0. The zero-order valence-electron chi connectivity index (χ0n) is 20.5. The van der Waals surface area contributed by atoms with E-state index < -0.39 is 78.8 Å². The maximum atomic E-state index is 13.1. The van der Waals surface area contributed by atoms with Crippen molar-refractivity contribution >= 4 is 23.8 Å². The van der Waals surface area contributed by atoms with Crippen LogP contribution in [-0.4, -0.2) is 122 Å². The van der Waals surface area contributed by atoms with Gasteiger partial charge in [0.15, 0.2) is 12.3 Å². The van der Waals surface area contributed by atoms with Crippen molar-refractivity contribution in [2.45, 2.75) is 101 Å². The van der Waals surface area contributed by atoms with Gasteiger partial charge in [-0.1, -0.05) is 0 Å². The predicted octanol–water partition coefficient (Wildman–Crippen LogP) is -2.52. The van der Waals surface area contributed by atoms with Crippen molar-refractivity contribution in [1.29, 1.82) is 0 Å². The summed E-state index contributed by atoms with van der Waals surface area (Å²) in [4.78, 5) is 50.1. The molecule has 2 aliphatic rings. The van der Waals surface area contributed by atoms with E-state index in [9.17, 15) is 39.6 Å². The fourth-order valence-electron chi connectivity index (χ4n) is 4.14. The zero-order valence-corrected chi connectivity index (χ0v) is 20.5. The number of aliphatic hydroxyl groups excluding tert-OH is 4. The van der Waals surface area contributed by atoms with Crippen LogP contribution in [0, 0.1) is 0 Å². The summed E-state index contributed by atoms with van der Waals surface area (Å²) in [6, 6.07) is -2.52. The molecule has 0 unspecified atom stereocenters. The molecule has 2 saturated heterocycles. The van der Waals surface area contributed by atoms with Gasteiger partial charge >= 0.3 is 11.9 Å². The van der Waals surface area contributed by atoms with Gasteiger partial charge < -0.3 is 50.0 Å². The lowest BCUT2D eigenvalue weighted by atomic mass is 10.00. The van der Waals surface area contributed by atoms with Gasteiger partial charge in [-0.3, -0.25) is 14.4 Å². The summed E-state index contributed by atoms with van der Waals surface area (Å²) >= 11 is 0. The molecule has 2 fully saturated rings. The van der Waals surface area contributed by atoms with E-state index in [4.69, 9.17) is 19.3 Å². The Bertz CT molecular complexity index is 795. The van der Waals surface area contributed by atoms with Crippen LogP contribution in [0.25, 0.3) is 0 Å². The third-order valence-corrected chi connectivity index (χ3v) is 6.15. The second kappa shape index (κ2) is 13.3. The first-order chi connectivity index (χ1) is 16.9. The monoisotopic (exact) mass is 520 g/mol. The molecule has 9 atom stereocenters. The quantitative estimate of drug-likeness (QED) is 0.156. The van der Waals surface area contributed by atoms with Crippen LogP contribution in [0.2, 0.25) is 0 Å². The highest BCUT2D eigenvalue weighted by Gasteiger charge is 2.45. The minimum absolute atomic E-state index is 0.0151. The van der Waals surface area contributed by atoms with E-state index in [2.05, 4.69) is 5.32 Å². The predicted molar refractivity (Wildman–Crippen MR) is 119 cm³/mol. The van der Waals surface area contributed by atoms with Crippen molar-refractivity contribution in [2.24, 2.45) is 0 Å². The summed E-state index contributed by atoms with van der Waals surface area (Å²) in [5, 5.41) is 51.4. The topological polar surface area (TPSA) is 212 Å². The van der Waals surface area contributed by atoms with Gasteiger partial charge in [-0.15, -0.1) is 0 Å². The molecule has 14 heteroatoms. The van der Waals surface area contributed by atoms with Gasteiger partial charge in [0.2, 0.25) is 11.8 Å². The third-order valence-electron chi connectivity index (χ3n) is 6.15. The van der Waals surface area contributed by atoms with E-state index in [0.717, 1.165) is 4.90 Å². The number of carbonyl (C=O) groups is 4. The molecule has 6 N–H and O–H groups in total. The molecular formula is C22H36N2O12. The molecule has 0 aromatic rings. The molecule has 2 rings (SSSR count). The molecule has 0 aromatic carbocycles. The Balaban J connectivity index is 2.12.